The summed E-state index contributed by atoms with van der Waals surface area (Å²) >= 11 is 0. The maximum Gasteiger partial charge on any atom is 0.113 e. The van der Waals surface area contributed by atoms with Gasteiger partial charge in [0.1, 0.15) is 5.69 Å². The lowest BCUT2D eigenvalue weighted by molar-refractivity contribution is 0.476. The van der Waals surface area contributed by atoms with Crippen LogP contribution in [0.25, 0.3) is 11.3 Å². The molecule has 0 aliphatic heterocycles. The smallest absolute Gasteiger partial charge is 0.113 e. The Kier molecular flexibility index (Phi) is 4.88. The average molecular weight is 339 g/mol. The fraction of sp³-hybridized carbons (Fsp3) is 0.130. The monoisotopic (exact) mass is 339 g/mol. The maximum absolute atomic E-state index is 4.45. The molecule has 0 N–H and O–H groups in total. The van der Waals surface area contributed by atoms with Crippen molar-refractivity contribution in [3.05, 3.63) is 108 Å². The van der Waals surface area contributed by atoms with Gasteiger partial charge in [0.25, 0.3) is 0 Å². The van der Waals surface area contributed by atoms with E-state index in [1.165, 1.54) is 11.1 Å². The number of hydrogen-bond acceptors (Lipinski definition) is 2. The highest BCUT2D eigenvalue weighted by Crippen LogP contribution is 2.25. The van der Waals surface area contributed by atoms with Gasteiger partial charge in [-0.15, -0.1) is 5.10 Å². The third-order valence-corrected chi connectivity index (χ3v) is 4.63. The molecule has 0 radical (unpaired) electrons. The third-order valence-electron chi connectivity index (χ3n) is 4.63. The Bertz CT molecular complexity index is 931. The van der Waals surface area contributed by atoms with Gasteiger partial charge >= 0.3 is 0 Å². The molecule has 1 atom stereocenters. The van der Waals surface area contributed by atoms with Gasteiger partial charge in [0.15, 0.2) is 0 Å². The molecule has 128 valence electrons. The Balaban J connectivity index is 1.62. The molecule has 4 rings (SSSR count). The zero-order chi connectivity index (χ0) is 17.6. The lowest BCUT2D eigenvalue weighted by Gasteiger charge is -2.17. The zero-order valence-electron chi connectivity index (χ0n) is 14.6. The SMILES string of the molecule is c1ccc(CCC(c2ccccc2)n2cc(-c3ccccc3)nn2)cc1. The van der Waals surface area contributed by atoms with E-state index in [1.54, 1.807) is 0 Å². The van der Waals surface area contributed by atoms with Crippen molar-refractivity contribution in [2.75, 3.05) is 0 Å². The summed E-state index contributed by atoms with van der Waals surface area (Å²) in [6, 6.07) is 31.5. The Morgan fingerprint density at radius 2 is 1.35 bits per heavy atom. The minimum atomic E-state index is 0.168. The van der Waals surface area contributed by atoms with Gasteiger partial charge in [-0.05, 0) is 24.0 Å². The predicted octanol–water partition coefficient (Wildman–Crippen LogP) is 5.17. The van der Waals surface area contributed by atoms with E-state index >= 15 is 0 Å². The predicted molar refractivity (Wildman–Crippen MR) is 105 cm³/mol. The lowest BCUT2D eigenvalue weighted by Crippen LogP contribution is -2.12. The van der Waals surface area contributed by atoms with Gasteiger partial charge < -0.3 is 0 Å². The Labute approximate surface area is 153 Å². The summed E-state index contributed by atoms with van der Waals surface area (Å²) in [5.41, 5.74) is 4.60. The molecule has 0 aliphatic carbocycles. The molecular weight excluding hydrogens is 318 g/mol. The molecule has 1 aromatic heterocycles. The van der Waals surface area contributed by atoms with Crippen LogP contribution < -0.4 is 0 Å². The number of nitrogens with zero attached hydrogens (tertiary/aromatic N) is 3. The highest BCUT2D eigenvalue weighted by molar-refractivity contribution is 5.57. The van der Waals surface area contributed by atoms with Gasteiger partial charge in [0.05, 0.1) is 12.2 Å². The molecule has 4 aromatic rings. The van der Waals surface area contributed by atoms with Crippen molar-refractivity contribution in [1.29, 1.82) is 0 Å². The molecule has 26 heavy (non-hydrogen) atoms. The minimum absolute atomic E-state index is 0.168. The molecule has 0 aliphatic rings. The van der Waals surface area contributed by atoms with Crippen LogP contribution in [0.3, 0.4) is 0 Å². The molecule has 0 bridgehead atoms. The van der Waals surface area contributed by atoms with Crippen molar-refractivity contribution < 1.29 is 0 Å². The molecule has 3 aromatic carbocycles. The number of rotatable bonds is 6. The Morgan fingerprint density at radius 3 is 2.04 bits per heavy atom. The van der Waals surface area contributed by atoms with Crippen molar-refractivity contribution in [1.82, 2.24) is 15.0 Å². The lowest BCUT2D eigenvalue weighted by atomic mass is 9.99. The summed E-state index contributed by atoms with van der Waals surface area (Å²) in [5, 5.41) is 8.85. The third kappa shape index (κ3) is 3.72. The summed E-state index contributed by atoms with van der Waals surface area (Å²) in [5.74, 6) is 0. The van der Waals surface area contributed by atoms with Crippen molar-refractivity contribution >= 4 is 0 Å². The van der Waals surface area contributed by atoms with Crippen LogP contribution in [0.4, 0.5) is 0 Å². The summed E-state index contributed by atoms with van der Waals surface area (Å²) in [7, 11) is 0. The first-order chi connectivity index (χ1) is 12.9. The standard InChI is InChI=1S/C23H21N3/c1-4-10-19(11-5-1)16-17-23(21-14-8-3-9-15-21)26-18-22(24-25-26)20-12-6-2-7-13-20/h1-15,18,23H,16-17H2. The normalized spacial score (nSPS) is 12.0. The van der Waals surface area contributed by atoms with E-state index in [1.807, 2.05) is 22.9 Å². The van der Waals surface area contributed by atoms with Crippen molar-refractivity contribution in [3.8, 4) is 11.3 Å². The Hall–Kier alpha value is -3.20. The molecule has 3 nitrogen and oxygen atoms in total. The summed E-state index contributed by atoms with van der Waals surface area (Å²) in [6.07, 6.45) is 4.03. The molecular formula is C23H21N3. The van der Waals surface area contributed by atoms with E-state index in [-0.39, 0.29) is 6.04 Å². The highest BCUT2D eigenvalue weighted by Gasteiger charge is 2.16. The largest absolute Gasteiger partial charge is 0.244 e. The van der Waals surface area contributed by atoms with Crippen LogP contribution in [0.2, 0.25) is 0 Å². The second-order valence-electron chi connectivity index (χ2n) is 6.40. The molecule has 0 amide bonds. The second kappa shape index (κ2) is 7.79. The molecule has 0 fully saturated rings. The fourth-order valence-electron chi connectivity index (χ4n) is 3.25. The van der Waals surface area contributed by atoms with Gasteiger partial charge in [-0.25, -0.2) is 4.68 Å². The first-order valence-corrected chi connectivity index (χ1v) is 8.96. The number of aryl methyl sites for hydroxylation is 1. The van der Waals surface area contributed by atoms with Crippen LogP contribution in [0.5, 0.6) is 0 Å². The molecule has 0 saturated carbocycles. The van der Waals surface area contributed by atoms with Gasteiger partial charge in [-0.1, -0.05) is 96.2 Å². The van der Waals surface area contributed by atoms with Crippen LogP contribution >= 0.6 is 0 Å². The van der Waals surface area contributed by atoms with Crippen LogP contribution in [0.15, 0.2) is 97.2 Å². The molecule has 1 heterocycles. The molecule has 3 heteroatoms. The highest BCUT2D eigenvalue weighted by atomic mass is 15.4. The van der Waals surface area contributed by atoms with Crippen LogP contribution in [-0.2, 0) is 6.42 Å². The second-order valence-corrected chi connectivity index (χ2v) is 6.40. The van der Waals surface area contributed by atoms with E-state index in [0.29, 0.717) is 0 Å². The molecule has 0 saturated heterocycles. The average Bonchev–Trinajstić information content (AvgIpc) is 3.20. The van der Waals surface area contributed by atoms with Crippen LogP contribution in [0.1, 0.15) is 23.6 Å². The van der Waals surface area contributed by atoms with Gasteiger partial charge in [-0.2, -0.15) is 0 Å². The summed E-state index contributed by atoms with van der Waals surface area (Å²) in [4.78, 5) is 0. The topological polar surface area (TPSA) is 30.7 Å². The summed E-state index contributed by atoms with van der Waals surface area (Å²) < 4.78 is 2.00. The maximum atomic E-state index is 4.45. The van der Waals surface area contributed by atoms with E-state index in [2.05, 4.69) is 89.3 Å². The fourth-order valence-corrected chi connectivity index (χ4v) is 3.25. The van der Waals surface area contributed by atoms with E-state index < -0.39 is 0 Å². The minimum Gasteiger partial charge on any atom is -0.244 e. The van der Waals surface area contributed by atoms with E-state index in [9.17, 15) is 0 Å². The Morgan fingerprint density at radius 1 is 0.731 bits per heavy atom. The van der Waals surface area contributed by atoms with Crippen molar-refractivity contribution in [2.45, 2.75) is 18.9 Å². The molecule has 0 spiro atoms. The van der Waals surface area contributed by atoms with E-state index in [0.717, 1.165) is 24.1 Å². The number of benzene rings is 3. The molecule has 1 unspecified atom stereocenters. The zero-order valence-corrected chi connectivity index (χ0v) is 14.6. The van der Waals surface area contributed by atoms with Gasteiger partial charge in [0, 0.05) is 5.56 Å². The van der Waals surface area contributed by atoms with Gasteiger partial charge in [0.2, 0.25) is 0 Å². The van der Waals surface area contributed by atoms with E-state index in [4.69, 9.17) is 0 Å². The first-order valence-electron chi connectivity index (χ1n) is 8.96. The number of aromatic nitrogens is 3. The quantitative estimate of drug-likeness (QED) is 0.485. The van der Waals surface area contributed by atoms with Crippen molar-refractivity contribution in [3.63, 3.8) is 0 Å². The van der Waals surface area contributed by atoms with Crippen LogP contribution in [0, 0.1) is 0 Å². The van der Waals surface area contributed by atoms with Crippen LogP contribution in [-0.4, -0.2) is 15.0 Å². The summed E-state index contributed by atoms with van der Waals surface area (Å²) in [6.45, 7) is 0. The van der Waals surface area contributed by atoms with Crippen molar-refractivity contribution in [2.24, 2.45) is 0 Å². The van der Waals surface area contributed by atoms with Gasteiger partial charge in [-0.3, -0.25) is 0 Å². The number of hydrogen-bond donors (Lipinski definition) is 0. The first kappa shape index (κ1) is 16.3.